The van der Waals surface area contributed by atoms with Gasteiger partial charge in [0.25, 0.3) is 0 Å². The minimum Gasteiger partial charge on any atom is -0.497 e. The lowest BCUT2D eigenvalue weighted by atomic mass is 9.79. The summed E-state index contributed by atoms with van der Waals surface area (Å²) in [5, 5.41) is 9.66. The molecule has 2 fully saturated rings. The second kappa shape index (κ2) is 11.2. The van der Waals surface area contributed by atoms with Crippen molar-refractivity contribution in [3.8, 4) is 0 Å². The fourth-order valence-electron chi connectivity index (χ4n) is 4.73. The predicted molar refractivity (Wildman–Crippen MR) is 119 cm³/mol. The molecule has 1 aromatic rings. The number of methoxy groups -OCH3 is 1. The molecule has 1 N–H and O–H groups in total. The third-order valence-electron chi connectivity index (χ3n) is 6.77. The van der Waals surface area contributed by atoms with Gasteiger partial charge in [0, 0.05) is 11.6 Å². The van der Waals surface area contributed by atoms with Crippen molar-refractivity contribution in [2.45, 2.75) is 75.4 Å². The molecule has 6 heteroatoms. The lowest BCUT2D eigenvalue weighted by molar-refractivity contribution is 0.0382. The fourth-order valence-corrected chi connectivity index (χ4v) is 4.73. The van der Waals surface area contributed by atoms with Crippen LogP contribution in [0.25, 0.3) is 0 Å². The summed E-state index contributed by atoms with van der Waals surface area (Å²) in [5.41, 5.74) is 1.07. The zero-order valence-corrected chi connectivity index (χ0v) is 18.7. The molecular formula is C26H33F3O3. The van der Waals surface area contributed by atoms with Crippen LogP contribution in [-0.4, -0.2) is 31.0 Å². The molecule has 0 saturated heterocycles. The van der Waals surface area contributed by atoms with E-state index in [2.05, 4.69) is 13.2 Å². The van der Waals surface area contributed by atoms with Gasteiger partial charge in [-0.1, -0.05) is 25.3 Å². The molecule has 0 radical (unpaired) electrons. The zero-order chi connectivity index (χ0) is 23.3. The average Bonchev–Trinajstić information content (AvgIpc) is 2.80. The van der Waals surface area contributed by atoms with Crippen LogP contribution in [0.1, 0.15) is 74.3 Å². The van der Waals surface area contributed by atoms with E-state index >= 15 is 0 Å². The SMILES string of the molecule is C=C(/C=C(/F)C(=C)COC1CCC(c2ccc(C3CCC(O)CC3)c(F)c2F)CC1)OC. The highest BCUT2D eigenvalue weighted by Crippen LogP contribution is 2.40. The summed E-state index contributed by atoms with van der Waals surface area (Å²) < 4.78 is 54.4. The van der Waals surface area contributed by atoms with Crippen LogP contribution in [-0.2, 0) is 9.47 Å². The van der Waals surface area contributed by atoms with Crippen LogP contribution < -0.4 is 0 Å². The maximum Gasteiger partial charge on any atom is 0.162 e. The molecule has 0 heterocycles. The number of aliphatic hydroxyl groups is 1. The minimum atomic E-state index is -0.739. The Balaban J connectivity index is 1.54. The first kappa shape index (κ1) is 24.6. The Morgan fingerprint density at radius 2 is 1.47 bits per heavy atom. The molecule has 2 aliphatic carbocycles. The summed E-state index contributed by atoms with van der Waals surface area (Å²) in [4.78, 5) is 0. The zero-order valence-electron chi connectivity index (χ0n) is 18.7. The van der Waals surface area contributed by atoms with Crippen LogP contribution in [0.5, 0.6) is 0 Å². The van der Waals surface area contributed by atoms with E-state index in [4.69, 9.17) is 9.47 Å². The summed E-state index contributed by atoms with van der Waals surface area (Å²) in [6.45, 7) is 7.29. The van der Waals surface area contributed by atoms with Crippen molar-refractivity contribution in [3.05, 3.63) is 71.3 Å². The average molecular weight is 451 g/mol. The third kappa shape index (κ3) is 6.04. The lowest BCUT2D eigenvalue weighted by Gasteiger charge is -2.30. The van der Waals surface area contributed by atoms with Gasteiger partial charge in [-0.2, -0.15) is 0 Å². The molecule has 0 aliphatic heterocycles. The Morgan fingerprint density at radius 3 is 1.97 bits per heavy atom. The first-order valence-corrected chi connectivity index (χ1v) is 11.4. The third-order valence-corrected chi connectivity index (χ3v) is 6.77. The largest absolute Gasteiger partial charge is 0.497 e. The normalized spacial score (nSPS) is 26.6. The smallest absolute Gasteiger partial charge is 0.162 e. The van der Waals surface area contributed by atoms with Gasteiger partial charge in [0.2, 0.25) is 0 Å². The van der Waals surface area contributed by atoms with E-state index in [0.717, 1.165) is 0 Å². The van der Waals surface area contributed by atoms with Gasteiger partial charge in [0.15, 0.2) is 11.6 Å². The van der Waals surface area contributed by atoms with E-state index in [1.807, 2.05) is 0 Å². The Kier molecular flexibility index (Phi) is 8.60. The van der Waals surface area contributed by atoms with Gasteiger partial charge in [-0.25, -0.2) is 13.2 Å². The number of rotatable bonds is 8. The van der Waals surface area contributed by atoms with Crippen LogP contribution in [0, 0.1) is 11.6 Å². The summed E-state index contributed by atoms with van der Waals surface area (Å²) in [5.74, 6) is -1.90. The van der Waals surface area contributed by atoms with Crippen molar-refractivity contribution < 1.29 is 27.8 Å². The van der Waals surface area contributed by atoms with Crippen LogP contribution >= 0.6 is 0 Å². The first-order valence-electron chi connectivity index (χ1n) is 11.4. The number of allylic oxidation sites excluding steroid dienone is 1. The van der Waals surface area contributed by atoms with Gasteiger partial charge in [0.05, 0.1) is 25.9 Å². The van der Waals surface area contributed by atoms with E-state index in [-0.39, 0.29) is 42.0 Å². The topological polar surface area (TPSA) is 38.7 Å². The summed E-state index contributed by atoms with van der Waals surface area (Å²) in [7, 11) is 1.41. The van der Waals surface area contributed by atoms with Crippen molar-refractivity contribution in [2.75, 3.05) is 13.7 Å². The predicted octanol–water partition coefficient (Wildman–Crippen LogP) is 6.60. The molecule has 1 aromatic carbocycles. The van der Waals surface area contributed by atoms with Gasteiger partial charge in [-0.05, 0) is 74.3 Å². The van der Waals surface area contributed by atoms with E-state index in [1.165, 1.54) is 13.2 Å². The van der Waals surface area contributed by atoms with Crippen molar-refractivity contribution in [1.82, 2.24) is 0 Å². The van der Waals surface area contributed by atoms with Crippen molar-refractivity contribution in [1.29, 1.82) is 0 Å². The molecule has 0 unspecified atom stereocenters. The molecule has 3 nitrogen and oxygen atoms in total. The van der Waals surface area contributed by atoms with Gasteiger partial charge < -0.3 is 14.6 Å². The minimum absolute atomic E-state index is 0.0327. The van der Waals surface area contributed by atoms with Gasteiger partial charge >= 0.3 is 0 Å². The Morgan fingerprint density at radius 1 is 0.969 bits per heavy atom. The number of ether oxygens (including phenoxy) is 2. The Bertz CT molecular complexity index is 848. The summed E-state index contributed by atoms with van der Waals surface area (Å²) in [6.07, 6.45) is 6.14. The highest BCUT2D eigenvalue weighted by Gasteiger charge is 2.29. The first-order chi connectivity index (χ1) is 15.3. The van der Waals surface area contributed by atoms with E-state index in [9.17, 15) is 18.3 Å². The van der Waals surface area contributed by atoms with Gasteiger partial charge in [0.1, 0.15) is 11.6 Å². The molecule has 2 aliphatic rings. The quantitative estimate of drug-likeness (QED) is 0.358. The van der Waals surface area contributed by atoms with Crippen LogP contribution in [0.15, 0.2) is 48.5 Å². The molecule has 176 valence electrons. The molecule has 0 aromatic heterocycles. The van der Waals surface area contributed by atoms with Gasteiger partial charge in [-0.15, -0.1) is 0 Å². The molecule has 3 rings (SSSR count). The number of hydrogen-bond donors (Lipinski definition) is 1. The molecule has 0 spiro atoms. The van der Waals surface area contributed by atoms with E-state index in [0.29, 0.717) is 62.5 Å². The van der Waals surface area contributed by atoms with Crippen LogP contribution in [0.4, 0.5) is 13.2 Å². The second-order valence-corrected chi connectivity index (χ2v) is 8.93. The summed E-state index contributed by atoms with van der Waals surface area (Å²) in [6, 6.07) is 3.46. The van der Waals surface area contributed by atoms with Crippen molar-refractivity contribution in [2.24, 2.45) is 0 Å². The number of halogens is 3. The second-order valence-electron chi connectivity index (χ2n) is 8.93. The molecule has 32 heavy (non-hydrogen) atoms. The highest BCUT2D eigenvalue weighted by atomic mass is 19.2. The van der Waals surface area contributed by atoms with Crippen LogP contribution in [0.3, 0.4) is 0 Å². The lowest BCUT2D eigenvalue weighted by Crippen LogP contribution is -2.23. The summed E-state index contributed by atoms with van der Waals surface area (Å²) >= 11 is 0. The fraction of sp³-hybridized carbons (Fsp3) is 0.538. The Labute approximate surface area is 188 Å². The molecule has 0 amide bonds. The molecule has 0 bridgehead atoms. The molecule has 2 saturated carbocycles. The van der Waals surface area contributed by atoms with Crippen molar-refractivity contribution >= 4 is 0 Å². The molecular weight excluding hydrogens is 417 g/mol. The number of hydrogen-bond acceptors (Lipinski definition) is 3. The number of benzene rings is 1. The monoisotopic (exact) mass is 450 g/mol. The maximum atomic E-state index is 14.9. The van der Waals surface area contributed by atoms with E-state index < -0.39 is 17.5 Å². The van der Waals surface area contributed by atoms with Crippen molar-refractivity contribution in [3.63, 3.8) is 0 Å². The van der Waals surface area contributed by atoms with Gasteiger partial charge in [-0.3, -0.25) is 0 Å². The number of aliphatic hydroxyl groups excluding tert-OH is 1. The van der Waals surface area contributed by atoms with E-state index in [1.54, 1.807) is 12.1 Å². The molecule has 0 atom stereocenters. The van der Waals surface area contributed by atoms with Crippen LogP contribution in [0.2, 0.25) is 0 Å². The Hall–Kier alpha value is -2.05. The standard InChI is InChI=1S/C26H33F3O3/c1-16(24(27)14-17(2)31-3)15-32-21-10-6-19(7-11-21)23-13-12-22(25(28)26(23)29)18-4-8-20(30)9-5-18/h12-14,18-21,30H,1-2,4-11,15H2,3H3/b24-14+. The maximum absolute atomic E-state index is 14.9. The highest BCUT2D eigenvalue weighted by molar-refractivity contribution is 5.32.